The van der Waals surface area contributed by atoms with E-state index in [1.54, 1.807) is 30.6 Å². The Kier molecular flexibility index (Phi) is 38.6. The first-order valence-electron chi connectivity index (χ1n) is 38.0. The summed E-state index contributed by atoms with van der Waals surface area (Å²) < 4.78 is 29.6. The number of carbonyl (C=O) groups is 9. The molecule has 584 valence electrons. The van der Waals surface area contributed by atoms with Gasteiger partial charge in [-0.2, -0.15) is 10.5 Å². The van der Waals surface area contributed by atoms with Gasteiger partial charge in [-0.3, -0.25) is 19.2 Å². The largest absolute Gasteiger partial charge is 2.00 e. The molecule has 9 heterocycles. The molecule has 5 aliphatic carbocycles. The zero-order chi connectivity index (χ0) is 73.4. The Morgan fingerprint density at radius 3 is 1.16 bits per heavy atom. The van der Waals surface area contributed by atoms with Gasteiger partial charge < -0.3 is 92.9 Å². The molecule has 5 saturated carbocycles. The monoisotopic (exact) mass is 1550 g/mol. The summed E-state index contributed by atoms with van der Waals surface area (Å²) in [5.74, 6) is 2.35. The van der Waals surface area contributed by atoms with E-state index in [2.05, 4.69) is 37.3 Å². The molecule has 9 saturated heterocycles. The van der Waals surface area contributed by atoms with Crippen LogP contribution >= 0.6 is 11.6 Å². The molecule has 0 aromatic rings. The number of piperidine rings is 3. The van der Waals surface area contributed by atoms with Crippen LogP contribution in [0.25, 0.3) is 0 Å². The topological polar surface area (TPSA) is 300 Å². The summed E-state index contributed by atoms with van der Waals surface area (Å²) in [5, 5.41) is 23.9. The predicted molar refractivity (Wildman–Crippen MR) is 392 cm³/mol. The molecular weight excluding hydrogens is 1430 g/mol. The normalized spacial score (nSPS) is 26.6. The fourth-order valence-electron chi connectivity index (χ4n) is 17.1. The molecule has 28 heteroatoms. The fourth-order valence-corrected chi connectivity index (χ4v) is 17.2. The Hall–Kier alpha value is -4.45. The van der Waals surface area contributed by atoms with Crippen molar-refractivity contribution in [3.05, 3.63) is 7.43 Å². The molecule has 14 aliphatic rings. The van der Waals surface area contributed by atoms with Crippen molar-refractivity contribution in [2.45, 2.75) is 221 Å². The van der Waals surface area contributed by atoms with Gasteiger partial charge in [0.15, 0.2) is 0 Å². The van der Waals surface area contributed by atoms with Gasteiger partial charge >= 0.3 is 52.9 Å². The molecular formula is C76H124BrClMgN10O15. The SMILES string of the molecule is C1CCOC1.CC(C)(C)OC(=O)N1CCC2(CC(=O)C2)C1.CCOC(=O)Cl.CCOC(=O)N1CCC2(CC(=O)C2)C1.CCOC(=O)N1CCC2(CC(N3CCC(C#N)CC3)C2)C1.CCOC(=O)N1CCC2(CC(N3CCC(C(C)=O)CC3)C2)C1.N#CC1CCNCC1.O=C1CC2(CCNC2)C1.[Br-].[CH3-].[Mg+2]. The van der Waals surface area contributed by atoms with E-state index < -0.39 is 11.0 Å². The fraction of sp³-hybridized carbons (Fsp3) is 0.842. The first-order valence-corrected chi connectivity index (χ1v) is 38.4. The molecule has 0 atom stereocenters. The number of hydrogen-bond donors (Lipinski definition) is 2. The Morgan fingerprint density at radius 1 is 0.510 bits per heavy atom. The van der Waals surface area contributed by atoms with Crippen LogP contribution in [0.5, 0.6) is 0 Å². The van der Waals surface area contributed by atoms with Crippen LogP contribution in [-0.2, 0) is 47.6 Å². The van der Waals surface area contributed by atoms with Crippen molar-refractivity contribution < 1.29 is 88.6 Å². The first-order chi connectivity index (χ1) is 48.1. The smallest absolute Gasteiger partial charge is 1.00 e. The summed E-state index contributed by atoms with van der Waals surface area (Å²) >= 11 is 4.72. The van der Waals surface area contributed by atoms with E-state index in [0.29, 0.717) is 123 Å². The number of nitrogens with zero attached hydrogens (tertiary/aromatic N) is 8. The van der Waals surface area contributed by atoms with Crippen LogP contribution in [0, 0.1) is 74.9 Å². The maximum absolute atomic E-state index is 11.8. The van der Waals surface area contributed by atoms with E-state index in [1.165, 1.54) is 44.9 Å². The van der Waals surface area contributed by atoms with Crippen molar-refractivity contribution in [3.63, 3.8) is 0 Å². The van der Waals surface area contributed by atoms with E-state index in [1.807, 2.05) is 44.4 Å². The van der Waals surface area contributed by atoms with Crippen LogP contribution in [0.1, 0.15) is 203 Å². The second-order valence-electron chi connectivity index (χ2n) is 32.0. The number of amides is 4. The van der Waals surface area contributed by atoms with Crippen LogP contribution in [0.3, 0.4) is 0 Å². The third-order valence-electron chi connectivity index (χ3n) is 22.9. The van der Waals surface area contributed by atoms with E-state index in [0.717, 1.165) is 182 Å². The average molecular weight is 1560 g/mol. The van der Waals surface area contributed by atoms with Crippen LogP contribution < -0.4 is 27.6 Å². The number of halogens is 2. The van der Waals surface area contributed by atoms with Crippen LogP contribution in [0.2, 0.25) is 0 Å². The molecule has 104 heavy (non-hydrogen) atoms. The van der Waals surface area contributed by atoms with Gasteiger partial charge in [0.1, 0.15) is 28.7 Å². The van der Waals surface area contributed by atoms with E-state index >= 15 is 0 Å². The minimum atomic E-state index is -0.738. The summed E-state index contributed by atoms with van der Waals surface area (Å²) in [5.41, 5.74) is 0.146. The number of ether oxygens (including phenoxy) is 6. The number of nitrogens with one attached hydrogen (secondary N) is 2. The van der Waals surface area contributed by atoms with Gasteiger partial charge in [0, 0.05) is 163 Å². The Labute approximate surface area is 652 Å². The molecule has 4 amide bonds. The molecule has 14 fully saturated rings. The maximum atomic E-state index is 11.8. The number of hydrogen-bond acceptors (Lipinski definition) is 21. The van der Waals surface area contributed by atoms with Gasteiger partial charge in [-0.25, -0.2) is 24.0 Å². The van der Waals surface area contributed by atoms with E-state index in [4.69, 9.17) is 45.8 Å². The molecule has 5 spiro atoms. The molecule has 14 rings (SSSR count). The van der Waals surface area contributed by atoms with Gasteiger partial charge in [-0.15, -0.1) is 0 Å². The first kappa shape index (κ1) is 91.9. The Morgan fingerprint density at radius 2 is 0.865 bits per heavy atom. The minimum absolute atomic E-state index is 0. The Balaban J connectivity index is 0.000000261. The zero-order valence-electron chi connectivity index (χ0n) is 64.4. The predicted octanol–water partition coefficient (Wildman–Crippen LogP) is 7.80. The zero-order valence-corrected chi connectivity index (χ0v) is 68.1. The molecule has 2 N–H and O–H groups in total. The number of likely N-dealkylation sites (tertiary alicyclic amines) is 6. The summed E-state index contributed by atoms with van der Waals surface area (Å²) in [6.07, 6.45) is 22.4. The maximum Gasteiger partial charge on any atom is 2.00 e. The van der Waals surface area contributed by atoms with Crippen molar-refractivity contribution >= 4 is 87.6 Å². The Bertz CT molecular complexity index is 2820. The molecule has 0 aromatic carbocycles. The van der Waals surface area contributed by atoms with Crippen molar-refractivity contribution in [3.8, 4) is 12.1 Å². The van der Waals surface area contributed by atoms with E-state index in [9.17, 15) is 43.2 Å². The van der Waals surface area contributed by atoms with Gasteiger partial charge in [-0.05, 0) is 227 Å². The molecule has 0 radical (unpaired) electrons. The number of carbonyl (C=O) groups excluding carboxylic acids is 9. The van der Waals surface area contributed by atoms with Crippen molar-refractivity contribution in [1.82, 2.24) is 40.0 Å². The van der Waals surface area contributed by atoms with Crippen molar-refractivity contribution in [2.24, 2.45) is 44.8 Å². The summed E-state index contributed by atoms with van der Waals surface area (Å²) in [7, 11) is 0. The number of rotatable bonds is 7. The standard InChI is InChI=1S/C17H28N2O3.C16H25N3O2.C12H19NO3.C10H15NO3.C7H11NO.C6H10N2.C4H8O.C3H5ClO2.CH3.BrH.Mg/c1-3-22-16(21)19-9-6-17(12-19)10-15(11-17)18-7-4-14(5-8-18)13(2)20;1-2-21-15(20)19-8-5-16(12-19)9-14(10-16)18-6-3-13(11-17)4-7-18;1-11(2,3)16-10(15)13-5-4-12(8-13)6-9(14)7-12;1-2-14-9(13)11-4-3-10(7-11)5-8(12)6-10;9-6-3-7(4-6)1-2-8-5-7;7-5-6-1-3-8-4-2-6;1-2-4-5-3-1;1-2-6-3(4)5;;;/h14-15H,3-12H2,1-2H3;13-14H,2-10,12H2,1H3;4-8H2,1-3H3;2-7H2,1H3;8H,1-5H2;6,8H,1-4H2;1-4H2;2H2,1H3;1H3;1H;/q;;;;;;;;-1;;+2/p-1. The van der Waals surface area contributed by atoms with Crippen molar-refractivity contribution in [2.75, 3.05) is 144 Å². The molecule has 0 unspecified atom stereocenters. The van der Waals surface area contributed by atoms with Gasteiger partial charge in [0.25, 0.3) is 0 Å². The van der Waals surface area contributed by atoms with Gasteiger partial charge in [0.2, 0.25) is 0 Å². The summed E-state index contributed by atoms with van der Waals surface area (Å²) in [6.45, 7) is 33.0. The summed E-state index contributed by atoms with van der Waals surface area (Å²) in [4.78, 5) is 113. The quantitative estimate of drug-likeness (QED) is 0.106. The number of Topliss-reactive ketones (excluding diaryl/α,β-unsaturated/α-hetero) is 4. The van der Waals surface area contributed by atoms with E-state index in [-0.39, 0.29) is 94.5 Å². The van der Waals surface area contributed by atoms with Crippen LogP contribution in [0.4, 0.5) is 24.0 Å². The minimum Gasteiger partial charge on any atom is -1.00 e. The third-order valence-corrected chi connectivity index (χ3v) is 23.0. The average Bonchev–Trinajstić information content (AvgIpc) is 1.55. The van der Waals surface area contributed by atoms with Crippen molar-refractivity contribution in [1.29, 1.82) is 10.5 Å². The second-order valence-corrected chi connectivity index (χ2v) is 32.3. The van der Waals surface area contributed by atoms with Gasteiger partial charge in [0.05, 0.1) is 38.6 Å². The number of nitriles is 2. The second kappa shape index (κ2) is 43.7. The van der Waals surface area contributed by atoms with Crippen LogP contribution in [0.15, 0.2) is 0 Å². The van der Waals surface area contributed by atoms with Gasteiger partial charge in [-0.1, -0.05) is 0 Å². The molecule has 0 bridgehead atoms. The summed E-state index contributed by atoms with van der Waals surface area (Å²) in [6, 6.07) is 5.99. The molecule has 9 aliphatic heterocycles. The van der Waals surface area contributed by atoms with Crippen LogP contribution in [-0.4, -0.2) is 267 Å². The third kappa shape index (κ3) is 27.9. The molecule has 25 nitrogen and oxygen atoms in total. The number of ketones is 4. The molecule has 0 aromatic heterocycles.